The van der Waals surface area contributed by atoms with Gasteiger partial charge in [0.05, 0.1) is 18.8 Å². The molecular formula is C11H25NO3. The molecule has 0 saturated heterocycles. The van der Waals surface area contributed by atoms with Gasteiger partial charge in [0.1, 0.15) is 0 Å². The van der Waals surface area contributed by atoms with Crippen LogP contribution in [-0.2, 0) is 9.47 Å². The van der Waals surface area contributed by atoms with Crippen LogP contribution in [0.5, 0.6) is 0 Å². The third-order valence-electron chi connectivity index (χ3n) is 1.95. The molecule has 4 heteroatoms. The van der Waals surface area contributed by atoms with Crippen LogP contribution in [0.2, 0.25) is 0 Å². The van der Waals surface area contributed by atoms with E-state index in [1.54, 1.807) is 7.11 Å². The first-order valence-electron chi connectivity index (χ1n) is 5.55. The smallest absolute Gasteiger partial charge is 0.0897 e. The molecule has 0 saturated carbocycles. The molecule has 92 valence electrons. The first kappa shape index (κ1) is 14.8. The predicted octanol–water partition coefficient (Wildman–Crippen LogP) is 0.644. The second-order valence-corrected chi connectivity index (χ2v) is 4.25. The van der Waals surface area contributed by atoms with Gasteiger partial charge < -0.3 is 19.9 Å². The Labute approximate surface area is 93.0 Å². The van der Waals surface area contributed by atoms with Gasteiger partial charge in [0.25, 0.3) is 0 Å². The van der Waals surface area contributed by atoms with Crippen LogP contribution in [0.1, 0.15) is 20.8 Å². The van der Waals surface area contributed by atoms with Crippen molar-refractivity contribution in [2.24, 2.45) is 5.92 Å². The Kier molecular flexibility index (Phi) is 9.00. The second kappa shape index (κ2) is 9.09. The van der Waals surface area contributed by atoms with E-state index in [-0.39, 0.29) is 6.10 Å². The van der Waals surface area contributed by atoms with Crippen molar-refractivity contribution in [2.45, 2.75) is 33.0 Å². The Morgan fingerprint density at radius 1 is 1.13 bits per heavy atom. The lowest BCUT2D eigenvalue weighted by atomic mass is 10.2. The van der Waals surface area contributed by atoms with Crippen LogP contribution in [0.3, 0.4) is 0 Å². The van der Waals surface area contributed by atoms with E-state index in [0.29, 0.717) is 19.1 Å². The van der Waals surface area contributed by atoms with Gasteiger partial charge in [-0.15, -0.1) is 0 Å². The van der Waals surface area contributed by atoms with E-state index in [1.807, 2.05) is 13.8 Å². The topological polar surface area (TPSA) is 50.7 Å². The fourth-order valence-corrected chi connectivity index (χ4v) is 1.20. The van der Waals surface area contributed by atoms with Crippen LogP contribution in [0.25, 0.3) is 0 Å². The van der Waals surface area contributed by atoms with Crippen LogP contribution in [-0.4, -0.2) is 50.7 Å². The van der Waals surface area contributed by atoms with Gasteiger partial charge in [-0.3, -0.25) is 0 Å². The number of ether oxygens (including phenoxy) is 2. The molecule has 0 aromatic carbocycles. The number of aliphatic hydroxyl groups excluding tert-OH is 1. The monoisotopic (exact) mass is 219 g/mol. The molecule has 0 radical (unpaired) electrons. The summed E-state index contributed by atoms with van der Waals surface area (Å²) < 4.78 is 10.3. The molecular weight excluding hydrogens is 194 g/mol. The highest BCUT2D eigenvalue weighted by Crippen LogP contribution is 1.94. The van der Waals surface area contributed by atoms with Crippen molar-refractivity contribution in [3.8, 4) is 0 Å². The van der Waals surface area contributed by atoms with Crippen molar-refractivity contribution in [3.05, 3.63) is 0 Å². The predicted molar refractivity (Wildman–Crippen MR) is 61.0 cm³/mol. The first-order chi connectivity index (χ1) is 7.06. The molecule has 0 heterocycles. The molecule has 0 amide bonds. The van der Waals surface area contributed by atoms with E-state index in [2.05, 4.69) is 12.2 Å². The van der Waals surface area contributed by atoms with Crippen LogP contribution in [0, 0.1) is 5.92 Å². The molecule has 0 aliphatic carbocycles. The molecule has 0 rings (SSSR count). The molecule has 0 fully saturated rings. The third kappa shape index (κ3) is 10.1. The number of rotatable bonds is 9. The first-order valence-corrected chi connectivity index (χ1v) is 5.55. The van der Waals surface area contributed by atoms with Gasteiger partial charge in [-0.05, 0) is 26.3 Å². The van der Waals surface area contributed by atoms with Crippen molar-refractivity contribution in [1.29, 1.82) is 0 Å². The average Bonchev–Trinajstić information content (AvgIpc) is 2.15. The van der Waals surface area contributed by atoms with E-state index in [9.17, 15) is 5.11 Å². The molecule has 4 nitrogen and oxygen atoms in total. The van der Waals surface area contributed by atoms with Gasteiger partial charge in [-0.1, -0.05) is 6.92 Å². The highest BCUT2D eigenvalue weighted by Gasteiger charge is 2.06. The Morgan fingerprint density at radius 2 is 1.80 bits per heavy atom. The highest BCUT2D eigenvalue weighted by atomic mass is 16.5. The minimum absolute atomic E-state index is 0.173. The molecule has 15 heavy (non-hydrogen) atoms. The summed E-state index contributed by atoms with van der Waals surface area (Å²) in [6.45, 7) is 8.58. The van der Waals surface area contributed by atoms with Gasteiger partial charge in [-0.2, -0.15) is 0 Å². The van der Waals surface area contributed by atoms with Crippen molar-refractivity contribution in [3.63, 3.8) is 0 Å². The summed E-state index contributed by atoms with van der Waals surface area (Å²) in [5.41, 5.74) is 0. The number of hydrogen-bond donors (Lipinski definition) is 2. The lowest BCUT2D eigenvalue weighted by Crippen LogP contribution is -2.34. The van der Waals surface area contributed by atoms with E-state index < -0.39 is 6.10 Å². The Bertz CT molecular complexity index is 142. The Hall–Kier alpha value is -0.160. The van der Waals surface area contributed by atoms with Crippen molar-refractivity contribution < 1.29 is 14.6 Å². The number of methoxy groups -OCH3 is 1. The molecule has 0 aromatic rings. The van der Waals surface area contributed by atoms with Crippen molar-refractivity contribution in [2.75, 3.05) is 33.4 Å². The fourth-order valence-electron chi connectivity index (χ4n) is 1.20. The number of aliphatic hydroxyl groups is 1. The van der Waals surface area contributed by atoms with Gasteiger partial charge in [0.15, 0.2) is 0 Å². The van der Waals surface area contributed by atoms with Crippen molar-refractivity contribution in [1.82, 2.24) is 5.32 Å². The number of hydrogen-bond acceptors (Lipinski definition) is 4. The minimum Gasteiger partial charge on any atom is -0.389 e. The molecule has 0 bridgehead atoms. The van der Waals surface area contributed by atoms with Crippen LogP contribution >= 0.6 is 0 Å². The van der Waals surface area contributed by atoms with Gasteiger partial charge >= 0.3 is 0 Å². The largest absolute Gasteiger partial charge is 0.389 e. The van der Waals surface area contributed by atoms with E-state index in [4.69, 9.17) is 9.47 Å². The lowest BCUT2D eigenvalue weighted by molar-refractivity contribution is 0.00591. The summed E-state index contributed by atoms with van der Waals surface area (Å²) in [7, 11) is 1.70. The molecule has 2 unspecified atom stereocenters. The molecule has 0 spiro atoms. The molecule has 0 aromatic heterocycles. The summed E-state index contributed by atoms with van der Waals surface area (Å²) in [5, 5.41) is 12.7. The maximum Gasteiger partial charge on any atom is 0.0897 e. The lowest BCUT2D eigenvalue weighted by Gasteiger charge is -2.16. The zero-order chi connectivity index (χ0) is 11.7. The minimum atomic E-state index is -0.429. The average molecular weight is 219 g/mol. The summed E-state index contributed by atoms with van der Waals surface area (Å²) in [4.78, 5) is 0. The third-order valence-corrected chi connectivity index (χ3v) is 1.95. The van der Waals surface area contributed by atoms with Crippen LogP contribution < -0.4 is 5.32 Å². The zero-order valence-electron chi connectivity index (χ0n) is 10.3. The SMILES string of the molecule is COCC(C)CNCC(O)COC(C)C. The van der Waals surface area contributed by atoms with Crippen LogP contribution in [0.4, 0.5) is 0 Å². The molecule has 2 atom stereocenters. The van der Waals surface area contributed by atoms with E-state index >= 15 is 0 Å². The Morgan fingerprint density at radius 3 is 2.33 bits per heavy atom. The summed E-state index contributed by atoms with van der Waals surface area (Å²) in [6.07, 6.45) is -0.255. The normalized spacial score (nSPS) is 15.6. The summed E-state index contributed by atoms with van der Waals surface area (Å²) >= 11 is 0. The molecule has 0 aliphatic heterocycles. The maximum absolute atomic E-state index is 9.52. The summed E-state index contributed by atoms with van der Waals surface area (Å²) in [5.74, 6) is 0.466. The maximum atomic E-state index is 9.52. The molecule has 2 N–H and O–H groups in total. The van der Waals surface area contributed by atoms with Gasteiger partial charge in [0.2, 0.25) is 0 Å². The highest BCUT2D eigenvalue weighted by molar-refractivity contribution is 4.61. The van der Waals surface area contributed by atoms with Gasteiger partial charge in [-0.25, -0.2) is 0 Å². The second-order valence-electron chi connectivity index (χ2n) is 4.25. The Balaban J connectivity index is 3.34. The zero-order valence-corrected chi connectivity index (χ0v) is 10.3. The van der Waals surface area contributed by atoms with E-state index in [1.165, 1.54) is 0 Å². The molecule has 0 aliphatic rings. The fraction of sp³-hybridized carbons (Fsp3) is 1.00. The quantitative estimate of drug-likeness (QED) is 0.597. The van der Waals surface area contributed by atoms with Crippen molar-refractivity contribution >= 4 is 0 Å². The standard InChI is InChI=1S/C11H25NO3/c1-9(2)15-8-11(13)6-12-5-10(3)7-14-4/h9-13H,5-8H2,1-4H3. The summed E-state index contributed by atoms with van der Waals surface area (Å²) in [6, 6.07) is 0. The number of nitrogens with one attached hydrogen (secondary N) is 1. The van der Waals surface area contributed by atoms with Crippen LogP contribution in [0.15, 0.2) is 0 Å². The van der Waals surface area contributed by atoms with E-state index in [0.717, 1.165) is 13.2 Å². The van der Waals surface area contributed by atoms with Gasteiger partial charge in [0, 0.05) is 20.3 Å².